The van der Waals surface area contributed by atoms with Crippen LogP contribution in [0.1, 0.15) is 53.4 Å². The van der Waals surface area contributed by atoms with Gasteiger partial charge in [-0.15, -0.1) is 0 Å². The molecule has 4 atom stereocenters. The van der Waals surface area contributed by atoms with Gasteiger partial charge in [0.15, 0.2) is 0 Å². The second kappa shape index (κ2) is 4.82. The minimum atomic E-state index is -1.21. The van der Waals surface area contributed by atoms with Gasteiger partial charge in [-0.05, 0) is 37.0 Å². The molecule has 0 aromatic rings. The average molecular weight is 308 g/mol. The van der Waals surface area contributed by atoms with E-state index in [1.165, 1.54) is 6.92 Å². The molecule has 0 radical (unpaired) electrons. The zero-order valence-electron chi connectivity index (χ0n) is 13.6. The Hall–Kier alpha value is -1.36. The lowest BCUT2D eigenvalue weighted by Crippen LogP contribution is -2.55. The number of ether oxygens (including phenoxy) is 2. The van der Waals surface area contributed by atoms with E-state index in [2.05, 4.69) is 13.8 Å². The van der Waals surface area contributed by atoms with E-state index in [9.17, 15) is 14.7 Å². The summed E-state index contributed by atoms with van der Waals surface area (Å²) in [6.07, 6.45) is 1.64. The van der Waals surface area contributed by atoms with Crippen molar-refractivity contribution in [1.29, 1.82) is 0 Å². The number of hydrogen-bond donors (Lipinski definition) is 1. The number of rotatable bonds is 1. The molecule has 1 saturated carbocycles. The van der Waals surface area contributed by atoms with Crippen molar-refractivity contribution in [2.24, 2.45) is 16.7 Å². The van der Waals surface area contributed by atoms with Crippen molar-refractivity contribution in [3.8, 4) is 0 Å². The number of fused-ring (bicyclic) bond motifs is 2. The molecule has 1 N–H and O–H groups in total. The van der Waals surface area contributed by atoms with Crippen LogP contribution in [0.2, 0.25) is 0 Å². The molecule has 22 heavy (non-hydrogen) atoms. The molecule has 2 aliphatic carbocycles. The normalized spacial score (nSPS) is 39.9. The number of carbonyl (C=O) groups is 2. The third-order valence-corrected chi connectivity index (χ3v) is 6.00. The first-order valence-electron chi connectivity index (χ1n) is 7.97. The number of cyclic esters (lactones) is 1. The molecule has 0 unspecified atom stereocenters. The summed E-state index contributed by atoms with van der Waals surface area (Å²) in [6.45, 7) is 7.86. The van der Waals surface area contributed by atoms with Crippen LogP contribution in [0.3, 0.4) is 0 Å². The molecule has 5 nitrogen and oxygen atoms in total. The number of hydrogen-bond acceptors (Lipinski definition) is 5. The highest BCUT2D eigenvalue weighted by molar-refractivity contribution is 5.92. The summed E-state index contributed by atoms with van der Waals surface area (Å²) < 4.78 is 10.6. The molecule has 0 spiro atoms. The van der Waals surface area contributed by atoms with Gasteiger partial charge in [-0.1, -0.05) is 20.8 Å². The lowest BCUT2D eigenvalue weighted by molar-refractivity contribution is -0.171. The summed E-state index contributed by atoms with van der Waals surface area (Å²) in [5.41, 5.74) is 0.746. The highest BCUT2D eigenvalue weighted by Crippen LogP contribution is 2.62. The third kappa shape index (κ3) is 2.02. The van der Waals surface area contributed by atoms with Gasteiger partial charge in [0, 0.05) is 23.5 Å². The van der Waals surface area contributed by atoms with E-state index in [0.29, 0.717) is 17.6 Å². The van der Waals surface area contributed by atoms with Gasteiger partial charge < -0.3 is 14.6 Å². The highest BCUT2D eigenvalue weighted by atomic mass is 16.6. The molecule has 0 aromatic heterocycles. The summed E-state index contributed by atoms with van der Waals surface area (Å²) in [4.78, 5) is 23.5. The van der Waals surface area contributed by atoms with Gasteiger partial charge in [0.05, 0.1) is 0 Å². The molecule has 0 saturated heterocycles. The minimum Gasteiger partial charge on any atom is -0.462 e. The lowest BCUT2D eigenvalue weighted by Gasteiger charge is -2.56. The molecule has 5 heteroatoms. The number of esters is 2. The SMILES string of the molecule is CC(=O)O[C@H]1CCC(C)(C)[C@@H]2CCC3=C([C@H](O)OC3=O)[C@@]12C. The van der Waals surface area contributed by atoms with Crippen molar-refractivity contribution >= 4 is 11.9 Å². The number of aliphatic hydroxyl groups is 1. The highest BCUT2D eigenvalue weighted by Gasteiger charge is 2.61. The van der Waals surface area contributed by atoms with Crippen LogP contribution in [0, 0.1) is 16.7 Å². The fourth-order valence-corrected chi connectivity index (χ4v) is 5.05. The van der Waals surface area contributed by atoms with E-state index in [0.717, 1.165) is 19.3 Å². The molecule has 1 fully saturated rings. The number of aliphatic hydroxyl groups excluding tert-OH is 1. The predicted octanol–water partition coefficient (Wildman–Crippen LogP) is 2.33. The largest absolute Gasteiger partial charge is 0.462 e. The Morgan fingerprint density at radius 3 is 2.64 bits per heavy atom. The van der Waals surface area contributed by atoms with Crippen molar-refractivity contribution in [2.75, 3.05) is 0 Å². The monoisotopic (exact) mass is 308 g/mol. The molecule has 3 rings (SSSR count). The van der Waals surface area contributed by atoms with Gasteiger partial charge in [-0.25, -0.2) is 4.79 Å². The molecule has 122 valence electrons. The Balaban J connectivity index is 2.12. The van der Waals surface area contributed by atoms with Crippen LogP contribution in [0.5, 0.6) is 0 Å². The van der Waals surface area contributed by atoms with Crippen molar-refractivity contribution < 1.29 is 24.2 Å². The zero-order chi connectivity index (χ0) is 16.3. The van der Waals surface area contributed by atoms with Crippen molar-refractivity contribution in [3.63, 3.8) is 0 Å². The first-order valence-corrected chi connectivity index (χ1v) is 7.97. The van der Waals surface area contributed by atoms with Crippen molar-refractivity contribution in [1.82, 2.24) is 0 Å². The molecule has 3 aliphatic rings. The van der Waals surface area contributed by atoms with Gasteiger partial charge in [-0.2, -0.15) is 0 Å². The second-order valence-corrected chi connectivity index (χ2v) is 7.65. The van der Waals surface area contributed by atoms with Gasteiger partial charge >= 0.3 is 11.9 Å². The maximum Gasteiger partial charge on any atom is 0.336 e. The Kier molecular flexibility index (Phi) is 3.40. The topological polar surface area (TPSA) is 72.8 Å². The van der Waals surface area contributed by atoms with Gasteiger partial charge in [0.1, 0.15) is 6.10 Å². The Bertz CT molecular complexity index is 561. The molecule has 1 aliphatic heterocycles. The molecular formula is C17H24O5. The Morgan fingerprint density at radius 2 is 2.00 bits per heavy atom. The smallest absolute Gasteiger partial charge is 0.336 e. The van der Waals surface area contributed by atoms with Crippen LogP contribution in [0.25, 0.3) is 0 Å². The van der Waals surface area contributed by atoms with Crippen LogP contribution in [-0.4, -0.2) is 29.4 Å². The van der Waals surface area contributed by atoms with E-state index < -0.39 is 17.7 Å². The van der Waals surface area contributed by atoms with E-state index in [1.807, 2.05) is 6.92 Å². The first kappa shape index (κ1) is 15.5. The predicted molar refractivity (Wildman–Crippen MR) is 78.5 cm³/mol. The zero-order valence-corrected chi connectivity index (χ0v) is 13.6. The Labute approximate surface area is 130 Å². The summed E-state index contributed by atoms with van der Waals surface area (Å²) in [7, 11) is 0. The maximum atomic E-state index is 12.0. The average Bonchev–Trinajstić information content (AvgIpc) is 2.69. The summed E-state index contributed by atoms with van der Waals surface area (Å²) in [5.74, 6) is -0.509. The summed E-state index contributed by atoms with van der Waals surface area (Å²) in [5, 5.41) is 10.3. The second-order valence-electron chi connectivity index (χ2n) is 7.65. The van der Waals surface area contributed by atoms with Crippen LogP contribution in [0.4, 0.5) is 0 Å². The first-order chi connectivity index (χ1) is 10.2. The molecular weight excluding hydrogens is 284 g/mol. The van der Waals surface area contributed by atoms with E-state index >= 15 is 0 Å². The standard InChI is InChI=1S/C17H24O5/c1-9(18)21-12-7-8-16(2,3)11-6-5-10-13(17(11,12)4)15(20)22-14(10)19/h11-12,15,20H,5-8H2,1-4H3/t11-,12-,15+,17+/m0/s1. The summed E-state index contributed by atoms with van der Waals surface area (Å²) >= 11 is 0. The van der Waals surface area contributed by atoms with Crippen LogP contribution < -0.4 is 0 Å². The fraction of sp³-hybridized carbons (Fsp3) is 0.765. The molecule has 0 amide bonds. The Morgan fingerprint density at radius 1 is 1.32 bits per heavy atom. The van der Waals surface area contributed by atoms with E-state index in [-0.39, 0.29) is 23.4 Å². The van der Waals surface area contributed by atoms with Gasteiger partial charge in [-0.3, -0.25) is 4.79 Å². The maximum absolute atomic E-state index is 12.0. The van der Waals surface area contributed by atoms with Crippen LogP contribution in [0.15, 0.2) is 11.1 Å². The van der Waals surface area contributed by atoms with E-state index in [4.69, 9.17) is 9.47 Å². The summed E-state index contributed by atoms with van der Waals surface area (Å²) in [6, 6.07) is 0. The van der Waals surface area contributed by atoms with Gasteiger partial charge in [0.2, 0.25) is 6.29 Å². The van der Waals surface area contributed by atoms with Crippen molar-refractivity contribution in [2.45, 2.75) is 65.8 Å². The quantitative estimate of drug-likeness (QED) is 0.753. The molecule has 0 aromatic carbocycles. The lowest BCUT2D eigenvalue weighted by atomic mass is 9.49. The third-order valence-electron chi connectivity index (χ3n) is 6.00. The van der Waals surface area contributed by atoms with E-state index in [1.54, 1.807) is 0 Å². The number of carbonyl (C=O) groups excluding carboxylic acids is 2. The molecule has 0 bridgehead atoms. The van der Waals surface area contributed by atoms with Crippen LogP contribution >= 0.6 is 0 Å². The van der Waals surface area contributed by atoms with Gasteiger partial charge in [0.25, 0.3) is 0 Å². The molecule has 1 heterocycles. The van der Waals surface area contributed by atoms with Crippen molar-refractivity contribution in [3.05, 3.63) is 11.1 Å². The van der Waals surface area contributed by atoms with Crippen LogP contribution in [-0.2, 0) is 19.1 Å². The fourth-order valence-electron chi connectivity index (χ4n) is 5.05. The minimum absolute atomic E-state index is 0.0648.